The van der Waals surface area contributed by atoms with Crippen LogP contribution in [0.3, 0.4) is 0 Å². The van der Waals surface area contributed by atoms with Crippen molar-refractivity contribution in [3.8, 4) is 5.75 Å². The van der Waals surface area contributed by atoms with Gasteiger partial charge in [-0.25, -0.2) is 10.2 Å². The Kier molecular flexibility index (Phi) is 3.71. The topological polar surface area (TPSA) is 93.4 Å². The van der Waals surface area contributed by atoms with Crippen molar-refractivity contribution in [2.75, 3.05) is 7.11 Å². The molecule has 3 amide bonds. The predicted molar refractivity (Wildman–Crippen MR) is 57.9 cm³/mol. The molecule has 0 atom stereocenters. The molecule has 16 heavy (non-hydrogen) atoms. The maximum absolute atomic E-state index is 11.6. The van der Waals surface area contributed by atoms with Crippen molar-refractivity contribution < 1.29 is 14.3 Å². The molecule has 0 fully saturated rings. The third-order valence-corrected chi connectivity index (χ3v) is 1.90. The lowest BCUT2D eigenvalue weighted by Crippen LogP contribution is -2.44. The van der Waals surface area contributed by atoms with Crippen molar-refractivity contribution in [2.24, 2.45) is 5.73 Å². The van der Waals surface area contributed by atoms with E-state index in [9.17, 15) is 9.59 Å². The third kappa shape index (κ3) is 2.88. The SMILES string of the molecule is COc1ccc(C)cc1C(=O)NNC(N)=O. The van der Waals surface area contributed by atoms with Gasteiger partial charge in [0.25, 0.3) is 5.91 Å². The number of urea groups is 1. The highest BCUT2D eigenvalue weighted by Crippen LogP contribution is 2.18. The molecule has 6 heteroatoms. The molecule has 0 bridgehead atoms. The minimum atomic E-state index is -0.833. The van der Waals surface area contributed by atoms with Crippen molar-refractivity contribution in [2.45, 2.75) is 6.92 Å². The Morgan fingerprint density at radius 3 is 2.56 bits per heavy atom. The Morgan fingerprint density at radius 2 is 2.00 bits per heavy atom. The first-order valence-corrected chi connectivity index (χ1v) is 4.55. The molecule has 1 aromatic carbocycles. The second kappa shape index (κ2) is 5.01. The van der Waals surface area contributed by atoms with Crippen LogP contribution in [0.1, 0.15) is 15.9 Å². The van der Waals surface area contributed by atoms with E-state index in [1.807, 2.05) is 18.4 Å². The lowest BCUT2D eigenvalue weighted by atomic mass is 10.1. The lowest BCUT2D eigenvalue weighted by molar-refractivity contribution is 0.0934. The van der Waals surface area contributed by atoms with Crippen LogP contribution in [0.15, 0.2) is 18.2 Å². The van der Waals surface area contributed by atoms with Crippen LogP contribution in [0, 0.1) is 6.92 Å². The van der Waals surface area contributed by atoms with Gasteiger partial charge in [0.1, 0.15) is 5.75 Å². The molecule has 0 aromatic heterocycles. The summed E-state index contributed by atoms with van der Waals surface area (Å²) in [6.07, 6.45) is 0. The van der Waals surface area contributed by atoms with Crippen molar-refractivity contribution in [3.63, 3.8) is 0 Å². The molecule has 0 saturated heterocycles. The number of benzene rings is 1. The van der Waals surface area contributed by atoms with Crippen LogP contribution in [0.4, 0.5) is 4.79 Å². The van der Waals surface area contributed by atoms with E-state index in [4.69, 9.17) is 10.5 Å². The number of nitrogens with one attached hydrogen (secondary N) is 2. The Balaban J connectivity index is 2.88. The first-order chi connectivity index (χ1) is 7.54. The molecular weight excluding hydrogens is 210 g/mol. The number of carbonyl (C=O) groups excluding carboxylic acids is 2. The van der Waals surface area contributed by atoms with Crippen LogP contribution < -0.4 is 21.3 Å². The van der Waals surface area contributed by atoms with Crippen LogP contribution in [-0.4, -0.2) is 19.0 Å². The van der Waals surface area contributed by atoms with Crippen LogP contribution >= 0.6 is 0 Å². The van der Waals surface area contributed by atoms with Gasteiger partial charge < -0.3 is 10.5 Å². The molecule has 6 nitrogen and oxygen atoms in total. The summed E-state index contributed by atoms with van der Waals surface area (Å²) >= 11 is 0. The molecule has 0 heterocycles. The minimum absolute atomic E-state index is 0.330. The zero-order chi connectivity index (χ0) is 12.1. The molecule has 0 aliphatic carbocycles. The predicted octanol–water partition coefficient (Wildman–Crippen LogP) is 0.317. The fourth-order valence-electron chi connectivity index (χ4n) is 1.18. The van der Waals surface area contributed by atoms with Gasteiger partial charge in [-0.05, 0) is 19.1 Å². The normalized spacial score (nSPS) is 9.38. The molecule has 4 N–H and O–H groups in total. The van der Waals surface area contributed by atoms with Gasteiger partial charge in [-0.3, -0.25) is 10.2 Å². The molecule has 0 aliphatic heterocycles. The van der Waals surface area contributed by atoms with Gasteiger partial charge >= 0.3 is 6.03 Å². The number of aryl methyl sites for hydroxylation is 1. The van der Waals surface area contributed by atoms with Crippen LogP contribution in [-0.2, 0) is 0 Å². The van der Waals surface area contributed by atoms with Gasteiger partial charge in [0, 0.05) is 0 Å². The van der Waals surface area contributed by atoms with Gasteiger partial charge in [0.05, 0.1) is 12.7 Å². The van der Waals surface area contributed by atoms with Gasteiger partial charge in [-0.1, -0.05) is 11.6 Å². The van der Waals surface area contributed by atoms with Gasteiger partial charge in [-0.15, -0.1) is 0 Å². The quantitative estimate of drug-likeness (QED) is 0.630. The number of primary amides is 1. The summed E-state index contributed by atoms with van der Waals surface area (Å²) in [6.45, 7) is 1.84. The Labute approximate surface area is 92.7 Å². The van der Waals surface area contributed by atoms with E-state index in [2.05, 4.69) is 5.43 Å². The monoisotopic (exact) mass is 223 g/mol. The number of ether oxygens (including phenoxy) is 1. The first kappa shape index (κ1) is 11.8. The number of amides is 3. The zero-order valence-electron chi connectivity index (χ0n) is 9.03. The van der Waals surface area contributed by atoms with E-state index in [0.29, 0.717) is 11.3 Å². The summed E-state index contributed by atoms with van der Waals surface area (Å²) in [5.41, 5.74) is 10.2. The van der Waals surface area contributed by atoms with Crippen molar-refractivity contribution in [3.05, 3.63) is 29.3 Å². The molecule has 0 aliphatic rings. The number of carbonyl (C=O) groups is 2. The molecule has 1 rings (SSSR count). The fourth-order valence-corrected chi connectivity index (χ4v) is 1.18. The zero-order valence-corrected chi connectivity index (χ0v) is 9.03. The lowest BCUT2D eigenvalue weighted by Gasteiger charge is -2.09. The minimum Gasteiger partial charge on any atom is -0.496 e. The Bertz CT molecular complexity index is 418. The fraction of sp³-hybridized carbons (Fsp3) is 0.200. The smallest absolute Gasteiger partial charge is 0.330 e. The number of nitrogens with two attached hydrogens (primary N) is 1. The number of methoxy groups -OCH3 is 1. The van der Waals surface area contributed by atoms with E-state index in [0.717, 1.165) is 5.56 Å². The third-order valence-electron chi connectivity index (χ3n) is 1.90. The van der Waals surface area contributed by atoms with Crippen LogP contribution in [0.2, 0.25) is 0 Å². The highest BCUT2D eigenvalue weighted by molar-refractivity contribution is 5.97. The average Bonchev–Trinajstić information content (AvgIpc) is 2.25. The standard InChI is InChI=1S/C10H13N3O3/c1-6-3-4-8(16-2)7(5-6)9(14)12-13-10(11)15/h3-5H,1-2H3,(H,12,14)(H3,11,13,15). The second-order valence-corrected chi connectivity index (χ2v) is 3.15. The van der Waals surface area contributed by atoms with E-state index in [1.165, 1.54) is 7.11 Å². The summed E-state index contributed by atoms with van der Waals surface area (Å²) in [6, 6.07) is 4.31. The second-order valence-electron chi connectivity index (χ2n) is 3.15. The summed E-state index contributed by atoms with van der Waals surface area (Å²) in [7, 11) is 1.46. The van der Waals surface area contributed by atoms with Crippen LogP contribution in [0.25, 0.3) is 0 Å². The molecule has 86 valence electrons. The van der Waals surface area contributed by atoms with E-state index < -0.39 is 11.9 Å². The summed E-state index contributed by atoms with van der Waals surface area (Å²) in [4.78, 5) is 22.0. The van der Waals surface area contributed by atoms with Gasteiger partial charge in [0.2, 0.25) is 0 Å². The van der Waals surface area contributed by atoms with E-state index >= 15 is 0 Å². The first-order valence-electron chi connectivity index (χ1n) is 4.55. The number of hydrazine groups is 1. The molecular formula is C10H13N3O3. The van der Waals surface area contributed by atoms with Gasteiger partial charge in [-0.2, -0.15) is 0 Å². The highest BCUT2D eigenvalue weighted by Gasteiger charge is 2.12. The van der Waals surface area contributed by atoms with Crippen LogP contribution in [0.5, 0.6) is 5.75 Å². The summed E-state index contributed by atoms with van der Waals surface area (Å²) in [5.74, 6) is -0.0614. The Hall–Kier alpha value is -2.24. The summed E-state index contributed by atoms with van der Waals surface area (Å²) in [5, 5.41) is 0. The number of hydrogen-bond donors (Lipinski definition) is 3. The maximum atomic E-state index is 11.6. The molecule has 1 aromatic rings. The van der Waals surface area contributed by atoms with E-state index in [-0.39, 0.29) is 0 Å². The summed E-state index contributed by atoms with van der Waals surface area (Å²) < 4.78 is 5.02. The van der Waals surface area contributed by atoms with Gasteiger partial charge in [0.15, 0.2) is 0 Å². The maximum Gasteiger partial charge on any atom is 0.330 e. The largest absolute Gasteiger partial charge is 0.496 e. The average molecular weight is 223 g/mol. The Morgan fingerprint density at radius 1 is 1.31 bits per heavy atom. The molecule has 0 radical (unpaired) electrons. The van der Waals surface area contributed by atoms with Crippen molar-refractivity contribution in [1.82, 2.24) is 10.9 Å². The van der Waals surface area contributed by atoms with Crippen molar-refractivity contribution >= 4 is 11.9 Å². The molecule has 0 unspecified atom stereocenters. The van der Waals surface area contributed by atoms with E-state index in [1.54, 1.807) is 12.1 Å². The highest BCUT2D eigenvalue weighted by atomic mass is 16.5. The molecule has 0 spiro atoms. The molecule has 0 saturated carbocycles. The number of hydrogen-bond acceptors (Lipinski definition) is 3. The van der Waals surface area contributed by atoms with Crippen molar-refractivity contribution in [1.29, 1.82) is 0 Å². The number of rotatable bonds is 2.